The van der Waals surface area contributed by atoms with Gasteiger partial charge in [-0.1, -0.05) is 12.1 Å². The Morgan fingerprint density at radius 3 is 2.88 bits per heavy atom. The van der Waals surface area contributed by atoms with Gasteiger partial charge in [-0.25, -0.2) is 14.4 Å². The van der Waals surface area contributed by atoms with Gasteiger partial charge >= 0.3 is 0 Å². The van der Waals surface area contributed by atoms with E-state index in [1.807, 2.05) is 12.3 Å². The van der Waals surface area contributed by atoms with Crippen LogP contribution in [0, 0.1) is 5.82 Å². The van der Waals surface area contributed by atoms with Crippen molar-refractivity contribution in [3.63, 3.8) is 0 Å². The first kappa shape index (κ1) is 15.5. The van der Waals surface area contributed by atoms with E-state index in [2.05, 4.69) is 14.8 Å². The Balaban J connectivity index is 1.45. The van der Waals surface area contributed by atoms with E-state index in [0.717, 1.165) is 69.6 Å². The van der Waals surface area contributed by atoms with Gasteiger partial charge in [-0.2, -0.15) is 0 Å². The molecule has 24 heavy (non-hydrogen) atoms. The van der Waals surface area contributed by atoms with E-state index >= 15 is 0 Å². The molecule has 0 unspecified atom stereocenters. The molecule has 1 fully saturated rings. The van der Waals surface area contributed by atoms with Crippen LogP contribution in [0.1, 0.15) is 16.8 Å². The second-order valence-electron chi connectivity index (χ2n) is 6.33. The minimum atomic E-state index is -0.177. The van der Waals surface area contributed by atoms with Crippen LogP contribution in [-0.2, 0) is 24.2 Å². The standard InChI is InChI=1S/C18H21FN4O/c19-16-3-1-2-14(10-16)12-22-5-4-17-15(13-22)11-20-18(21-17)23-6-8-24-9-7-23/h1-3,10-11H,4-9,12-13H2. The second kappa shape index (κ2) is 6.83. The molecule has 1 aromatic carbocycles. The van der Waals surface area contributed by atoms with Gasteiger partial charge in [0.1, 0.15) is 5.82 Å². The van der Waals surface area contributed by atoms with Gasteiger partial charge < -0.3 is 9.64 Å². The molecule has 2 aliphatic rings. The van der Waals surface area contributed by atoms with Crippen LogP contribution in [0.25, 0.3) is 0 Å². The largest absolute Gasteiger partial charge is 0.378 e. The highest BCUT2D eigenvalue weighted by Gasteiger charge is 2.21. The molecule has 2 aliphatic heterocycles. The van der Waals surface area contributed by atoms with Gasteiger partial charge in [-0.3, -0.25) is 4.90 Å². The van der Waals surface area contributed by atoms with Crippen LogP contribution in [0.4, 0.5) is 10.3 Å². The number of rotatable bonds is 3. The maximum Gasteiger partial charge on any atom is 0.225 e. The molecule has 3 heterocycles. The summed E-state index contributed by atoms with van der Waals surface area (Å²) in [5.41, 5.74) is 3.32. The zero-order valence-corrected chi connectivity index (χ0v) is 13.6. The van der Waals surface area contributed by atoms with E-state index in [9.17, 15) is 4.39 Å². The molecule has 0 bridgehead atoms. The summed E-state index contributed by atoms with van der Waals surface area (Å²) in [6.45, 7) is 5.68. The molecule has 1 saturated heterocycles. The highest BCUT2D eigenvalue weighted by molar-refractivity contribution is 5.34. The van der Waals surface area contributed by atoms with Crippen LogP contribution in [0.5, 0.6) is 0 Å². The number of nitrogens with zero attached hydrogens (tertiary/aromatic N) is 4. The topological polar surface area (TPSA) is 41.5 Å². The molecular weight excluding hydrogens is 307 g/mol. The zero-order valence-electron chi connectivity index (χ0n) is 13.6. The lowest BCUT2D eigenvalue weighted by Crippen LogP contribution is -2.38. The third-order valence-electron chi connectivity index (χ3n) is 4.59. The molecule has 126 valence electrons. The molecule has 0 saturated carbocycles. The molecule has 5 nitrogen and oxygen atoms in total. The number of hydrogen-bond donors (Lipinski definition) is 0. The zero-order chi connectivity index (χ0) is 16.4. The first-order valence-electron chi connectivity index (χ1n) is 8.42. The van der Waals surface area contributed by atoms with E-state index in [1.54, 1.807) is 12.1 Å². The van der Waals surface area contributed by atoms with Gasteiger partial charge in [0, 0.05) is 50.9 Å². The number of morpholine rings is 1. The molecule has 2 aromatic rings. The summed E-state index contributed by atoms with van der Waals surface area (Å²) in [7, 11) is 0. The Morgan fingerprint density at radius 1 is 1.17 bits per heavy atom. The minimum Gasteiger partial charge on any atom is -0.378 e. The van der Waals surface area contributed by atoms with E-state index in [4.69, 9.17) is 9.72 Å². The molecule has 1 aromatic heterocycles. The van der Waals surface area contributed by atoms with Crippen molar-refractivity contribution in [2.45, 2.75) is 19.5 Å². The smallest absolute Gasteiger partial charge is 0.225 e. The molecule has 0 N–H and O–H groups in total. The van der Waals surface area contributed by atoms with Crippen molar-refractivity contribution in [2.75, 3.05) is 37.7 Å². The SMILES string of the molecule is Fc1cccc(CN2CCc3nc(N4CCOCC4)ncc3C2)c1. The lowest BCUT2D eigenvalue weighted by molar-refractivity contribution is 0.122. The molecule has 0 amide bonds. The second-order valence-corrected chi connectivity index (χ2v) is 6.33. The molecule has 0 radical (unpaired) electrons. The van der Waals surface area contributed by atoms with E-state index in [1.165, 1.54) is 11.6 Å². The number of fused-ring (bicyclic) bond motifs is 1. The van der Waals surface area contributed by atoms with E-state index < -0.39 is 0 Å². The highest BCUT2D eigenvalue weighted by Crippen LogP contribution is 2.21. The Bertz CT molecular complexity index is 718. The normalized spacial score (nSPS) is 18.5. The Hall–Kier alpha value is -2.05. The van der Waals surface area contributed by atoms with Crippen molar-refractivity contribution < 1.29 is 9.13 Å². The van der Waals surface area contributed by atoms with Gasteiger partial charge in [-0.15, -0.1) is 0 Å². The Kier molecular flexibility index (Phi) is 4.40. The minimum absolute atomic E-state index is 0.177. The van der Waals surface area contributed by atoms with E-state index in [-0.39, 0.29) is 5.82 Å². The highest BCUT2D eigenvalue weighted by atomic mass is 19.1. The number of halogens is 1. The van der Waals surface area contributed by atoms with Gasteiger partial charge in [0.25, 0.3) is 0 Å². The van der Waals surface area contributed by atoms with Crippen molar-refractivity contribution in [3.8, 4) is 0 Å². The average Bonchev–Trinajstić information content (AvgIpc) is 2.62. The summed E-state index contributed by atoms with van der Waals surface area (Å²) in [6, 6.07) is 6.82. The molecule has 6 heteroatoms. The van der Waals surface area contributed by atoms with Gasteiger partial charge in [-0.05, 0) is 17.7 Å². The average molecular weight is 328 g/mol. The van der Waals surface area contributed by atoms with Gasteiger partial charge in [0.15, 0.2) is 0 Å². The summed E-state index contributed by atoms with van der Waals surface area (Å²) in [5.74, 6) is 0.638. The number of anilines is 1. The molecular formula is C18H21FN4O. The predicted octanol–water partition coefficient (Wildman–Crippen LogP) is 2.01. The van der Waals surface area contributed by atoms with E-state index in [0.29, 0.717) is 0 Å². The molecule has 4 rings (SSSR count). The van der Waals surface area contributed by atoms with Crippen molar-refractivity contribution >= 4 is 5.95 Å². The van der Waals surface area contributed by atoms with Crippen LogP contribution in [0.2, 0.25) is 0 Å². The maximum absolute atomic E-state index is 13.3. The summed E-state index contributed by atoms with van der Waals surface area (Å²) in [6.07, 6.45) is 2.86. The third kappa shape index (κ3) is 3.39. The Labute approximate surface area is 141 Å². The van der Waals surface area contributed by atoms with Gasteiger partial charge in [0.05, 0.1) is 18.9 Å². The summed E-state index contributed by atoms with van der Waals surface area (Å²) < 4.78 is 18.7. The van der Waals surface area contributed by atoms with Gasteiger partial charge in [0.2, 0.25) is 5.95 Å². The molecule has 0 atom stereocenters. The van der Waals surface area contributed by atoms with Crippen LogP contribution < -0.4 is 4.90 Å². The summed E-state index contributed by atoms with van der Waals surface area (Å²) in [5, 5.41) is 0. The fraction of sp³-hybridized carbons (Fsp3) is 0.444. The first-order valence-corrected chi connectivity index (χ1v) is 8.42. The monoisotopic (exact) mass is 328 g/mol. The van der Waals surface area contributed by atoms with Crippen molar-refractivity contribution in [3.05, 3.63) is 53.1 Å². The van der Waals surface area contributed by atoms with Crippen LogP contribution in [-0.4, -0.2) is 47.7 Å². The maximum atomic E-state index is 13.3. The number of benzene rings is 1. The molecule has 0 aliphatic carbocycles. The Morgan fingerprint density at radius 2 is 2.04 bits per heavy atom. The fourth-order valence-electron chi connectivity index (χ4n) is 3.31. The molecule has 0 spiro atoms. The quantitative estimate of drug-likeness (QED) is 0.862. The van der Waals surface area contributed by atoms with Crippen LogP contribution in [0.3, 0.4) is 0 Å². The first-order chi connectivity index (χ1) is 11.8. The lowest BCUT2D eigenvalue weighted by atomic mass is 10.1. The number of aromatic nitrogens is 2. The summed E-state index contributed by atoms with van der Waals surface area (Å²) in [4.78, 5) is 13.8. The predicted molar refractivity (Wildman–Crippen MR) is 89.3 cm³/mol. The summed E-state index contributed by atoms with van der Waals surface area (Å²) >= 11 is 0. The van der Waals surface area contributed by atoms with Crippen molar-refractivity contribution in [2.24, 2.45) is 0 Å². The van der Waals surface area contributed by atoms with Crippen molar-refractivity contribution in [1.29, 1.82) is 0 Å². The fourth-order valence-corrected chi connectivity index (χ4v) is 3.31. The van der Waals surface area contributed by atoms with Crippen molar-refractivity contribution in [1.82, 2.24) is 14.9 Å². The third-order valence-corrected chi connectivity index (χ3v) is 4.59. The lowest BCUT2D eigenvalue weighted by Gasteiger charge is -2.30. The number of ether oxygens (including phenoxy) is 1. The number of hydrogen-bond acceptors (Lipinski definition) is 5. The van der Waals surface area contributed by atoms with Crippen LogP contribution in [0.15, 0.2) is 30.5 Å². The van der Waals surface area contributed by atoms with Crippen LogP contribution >= 0.6 is 0 Å².